The molecule has 6 N–H and O–H groups in total. The fourth-order valence-electron chi connectivity index (χ4n) is 12.3. The molecule has 0 spiro atoms. The third kappa shape index (κ3) is 21.9. The van der Waals surface area contributed by atoms with E-state index in [1.54, 1.807) is 12.1 Å². The Labute approximate surface area is 678 Å². The van der Waals surface area contributed by atoms with E-state index < -0.39 is 0 Å². The zero-order valence-corrected chi connectivity index (χ0v) is 69.8. The number of benzene rings is 8. The van der Waals surface area contributed by atoms with Gasteiger partial charge < -0.3 is 51.2 Å². The molecule has 0 atom stereocenters. The maximum Gasteiger partial charge on any atom is 0.254 e. The van der Waals surface area contributed by atoms with Crippen molar-refractivity contribution in [2.45, 2.75) is 69.2 Å². The lowest BCUT2D eigenvalue weighted by molar-refractivity contribution is 0.0941. The Balaban J connectivity index is 0.000000216. The molecule has 0 fully saturated rings. The normalized spacial score (nSPS) is 11.3. The molecule has 0 radical (unpaired) electrons. The standard InChI is InChI=1S/C20H22IN3O2.C20H24IN3O.2C20H22IN3O.CH4.2ClH/c1-3-24(4-2)12-11-22-20(26)17-15(21)10-9-14-18(17)23-16-8-6-5-7-13(16)19(14)25;3*1-3-24(4-2)12-11-22-20(25)18-16(21)10-9-15-13-14-7-5-6-8-17(14)23-19(15)18;;;/h5-10H,3-4,11-12H2,1-2H3,(H,22,26)(H,23,25);5-10,23H,3-4,11-13H2,1-2H3,(H,22,25);2*5-10,13H,3-4,11-12H2,1-2H3,(H,22,25);1H4;2*1H. The third-order valence-corrected chi connectivity index (χ3v) is 21.9. The minimum atomic E-state index is -0.155. The Morgan fingerprint density at radius 1 is 0.413 bits per heavy atom. The number of rotatable bonds is 24. The Hall–Kier alpha value is -6.41. The molecule has 0 saturated carbocycles. The Morgan fingerprint density at radius 3 is 1.26 bits per heavy atom. The second-order valence-corrected chi connectivity index (χ2v) is 28.9. The first-order valence-corrected chi connectivity index (χ1v) is 39.2. The van der Waals surface area contributed by atoms with E-state index in [9.17, 15) is 24.0 Å². The molecule has 4 amide bonds. The van der Waals surface area contributed by atoms with Crippen LogP contribution in [0.3, 0.4) is 0 Å². The number of para-hydroxylation sites is 4. The average Bonchev–Trinajstić information content (AvgIpc) is 0.773. The second-order valence-electron chi connectivity index (χ2n) is 24.2. The molecule has 0 unspecified atom stereocenters. The van der Waals surface area contributed by atoms with Crippen molar-refractivity contribution < 1.29 is 19.2 Å². The first-order valence-electron chi connectivity index (χ1n) is 34.9. The number of carbonyl (C=O) groups is 4. The van der Waals surface area contributed by atoms with Gasteiger partial charge in [0.05, 0.1) is 55.5 Å². The zero-order chi connectivity index (χ0) is 72.1. The second kappa shape index (κ2) is 42.8. The number of aromatic nitrogens is 3. The highest BCUT2D eigenvalue weighted by molar-refractivity contribution is 14.1. The van der Waals surface area contributed by atoms with Gasteiger partial charge in [0.2, 0.25) is 0 Å². The molecule has 0 bridgehead atoms. The summed E-state index contributed by atoms with van der Waals surface area (Å²) in [6, 6.07) is 51.7. The van der Waals surface area contributed by atoms with E-state index in [1.165, 1.54) is 11.1 Å². The summed E-state index contributed by atoms with van der Waals surface area (Å²) >= 11 is 8.83. The highest BCUT2D eigenvalue weighted by Crippen LogP contribution is 2.37. The molecule has 8 aromatic carbocycles. The van der Waals surface area contributed by atoms with E-state index in [4.69, 9.17) is 9.97 Å². The van der Waals surface area contributed by atoms with Crippen molar-refractivity contribution in [2.75, 3.05) is 110 Å². The third-order valence-electron chi connectivity index (χ3n) is 18.3. The number of H-pyrrole nitrogens is 1. The number of aromatic amines is 1. The number of amides is 4. The monoisotopic (exact) mass is 1890 g/mol. The molecule has 3 aromatic heterocycles. The van der Waals surface area contributed by atoms with E-state index in [0.29, 0.717) is 59.2 Å². The molecule has 1 aliphatic rings. The van der Waals surface area contributed by atoms with Gasteiger partial charge in [-0.1, -0.05) is 148 Å². The molecule has 0 saturated heterocycles. The lowest BCUT2D eigenvalue weighted by Crippen LogP contribution is -2.35. The van der Waals surface area contributed by atoms with Crippen LogP contribution in [0.25, 0.3) is 65.4 Å². The van der Waals surface area contributed by atoms with E-state index in [1.807, 2.05) is 109 Å². The van der Waals surface area contributed by atoms with Crippen molar-refractivity contribution in [3.63, 3.8) is 0 Å². The number of halogens is 6. The number of likely N-dealkylation sites (N-methyl/N-ethyl adjacent to an activating group) is 4. The van der Waals surface area contributed by atoms with Gasteiger partial charge in [0.1, 0.15) is 0 Å². The van der Waals surface area contributed by atoms with Crippen molar-refractivity contribution in [1.82, 2.24) is 55.8 Å². The van der Waals surface area contributed by atoms with Crippen LogP contribution in [-0.2, 0) is 6.42 Å². The van der Waals surface area contributed by atoms with Gasteiger partial charge in [0.25, 0.3) is 23.6 Å². The Kier molecular flexibility index (Phi) is 35.6. The minimum Gasteiger partial charge on any atom is -0.354 e. The van der Waals surface area contributed by atoms with Gasteiger partial charge in [-0.2, -0.15) is 0 Å². The summed E-state index contributed by atoms with van der Waals surface area (Å²) < 4.78 is 3.64. The van der Waals surface area contributed by atoms with Gasteiger partial charge in [-0.05, 0) is 227 Å². The maximum absolute atomic E-state index is 12.8. The van der Waals surface area contributed by atoms with Gasteiger partial charge in [-0.25, -0.2) is 9.97 Å². The lowest BCUT2D eigenvalue weighted by atomic mass is 9.94. The fraction of sp³-hybridized carbons (Fsp3) is 0.321. The molecular weight excluding hydrogens is 1800 g/mol. The van der Waals surface area contributed by atoms with Gasteiger partial charge >= 0.3 is 0 Å². The first kappa shape index (κ1) is 86.5. The number of nitrogens with zero attached hydrogens (tertiary/aromatic N) is 6. The average molecular weight is 1900 g/mol. The molecular formula is C81H96Cl2I4N12O5. The van der Waals surface area contributed by atoms with Gasteiger partial charge in [0, 0.05) is 117 Å². The number of nitrogens with one attached hydrogen (secondary N) is 6. The van der Waals surface area contributed by atoms with Crippen LogP contribution in [0.4, 0.5) is 11.4 Å². The number of pyridine rings is 3. The number of anilines is 2. The van der Waals surface area contributed by atoms with E-state index in [2.05, 4.69) is 233 Å². The van der Waals surface area contributed by atoms with Crippen LogP contribution in [0, 0.1) is 14.3 Å². The summed E-state index contributed by atoms with van der Waals surface area (Å²) in [5, 5.41) is 21.0. The quantitative estimate of drug-likeness (QED) is 0.0247. The lowest BCUT2D eigenvalue weighted by Gasteiger charge is -2.25. The minimum absolute atomic E-state index is 0. The number of hydrogen-bond donors (Lipinski definition) is 6. The SMILES string of the molecule is C.CCN(CC)CCNC(=O)c1c(I)ccc2c(=O)c3ccccc3[nH]c12.CCN(CC)CCNC(=O)c1c(I)ccc2c1Nc1ccccc1C2.CCN(CC)CCNC(=O)c1c(I)ccc2cc3ccccc3nc12.CCN(CC)CCNC(=O)c1c(I)ccc2cc3ccccc3nc12.Cl.Cl. The Bertz CT molecular complexity index is 4650. The van der Waals surface area contributed by atoms with E-state index in [0.717, 1.165) is 165 Å². The van der Waals surface area contributed by atoms with Crippen LogP contribution < -0.4 is 32.0 Å². The predicted octanol–water partition coefficient (Wildman–Crippen LogP) is 17.0. The smallest absolute Gasteiger partial charge is 0.254 e. The number of hydrogen-bond acceptors (Lipinski definition) is 12. The molecule has 552 valence electrons. The van der Waals surface area contributed by atoms with Crippen molar-refractivity contribution in [3.05, 3.63) is 216 Å². The van der Waals surface area contributed by atoms with Crippen molar-refractivity contribution in [3.8, 4) is 0 Å². The predicted molar refractivity (Wildman–Crippen MR) is 472 cm³/mol. The van der Waals surface area contributed by atoms with Crippen LogP contribution in [0.2, 0.25) is 0 Å². The summed E-state index contributed by atoms with van der Waals surface area (Å²) in [6.45, 7) is 30.8. The summed E-state index contributed by atoms with van der Waals surface area (Å²) in [4.78, 5) is 86.0. The van der Waals surface area contributed by atoms with Gasteiger partial charge in [-0.3, -0.25) is 24.0 Å². The van der Waals surface area contributed by atoms with Gasteiger partial charge in [0.15, 0.2) is 5.43 Å². The van der Waals surface area contributed by atoms with E-state index in [-0.39, 0.29) is 61.3 Å². The first-order chi connectivity index (χ1) is 49.0. The number of carbonyl (C=O) groups excluding carboxylic acids is 4. The highest BCUT2D eigenvalue weighted by Gasteiger charge is 2.25. The maximum atomic E-state index is 12.8. The molecule has 104 heavy (non-hydrogen) atoms. The molecule has 4 heterocycles. The highest BCUT2D eigenvalue weighted by atomic mass is 127. The van der Waals surface area contributed by atoms with E-state index >= 15 is 0 Å². The molecule has 17 nitrogen and oxygen atoms in total. The Morgan fingerprint density at radius 2 is 0.788 bits per heavy atom. The topological polar surface area (TPSA) is 200 Å². The summed E-state index contributed by atoms with van der Waals surface area (Å²) in [5.74, 6) is -0.256. The molecule has 11 aromatic rings. The summed E-state index contributed by atoms with van der Waals surface area (Å²) in [7, 11) is 0. The molecule has 12 rings (SSSR count). The number of fused-ring (bicyclic) bond motifs is 8. The summed E-state index contributed by atoms with van der Waals surface area (Å²) in [5.41, 5.74) is 11.8. The van der Waals surface area contributed by atoms with Crippen LogP contribution in [-0.4, -0.2) is 163 Å². The largest absolute Gasteiger partial charge is 0.354 e. The summed E-state index contributed by atoms with van der Waals surface area (Å²) in [6.07, 6.45) is 0.856. The van der Waals surface area contributed by atoms with Crippen molar-refractivity contribution >= 4 is 216 Å². The van der Waals surface area contributed by atoms with Crippen molar-refractivity contribution in [1.29, 1.82) is 0 Å². The van der Waals surface area contributed by atoms with Crippen LogP contribution in [0.5, 0.6) is 0 Å². The van der Waals surface area contributed by atoms with Gasteiger partial charge in [-0.15, -0.1) is 24.8 Å². The molecule has 0 aliphatic carbocycles. The van der Waals surface area contributed by atoms with Crippen LogP contribution in [0.15, 0.2) is 163 Å². The molecule has 1 aliphatic heterocycles. The zero-order valence-electron chi connectivity index (χ0n) is 59.6. The van der Waals surface area contributed by atoms with Crippen LogP contribution in [0.1, 0.15) is 115 Å². The van der Waals surface area contributed by atoms with Crippen LogP contribution >= 0.6 is 115 Å². The molecule has 23 heteroatoms. The fourth-order valence-corrected chi connectivity index (χ4v) is 15.1. The van der Waals surface area contributed by atoms with Crippen molar-refractivity contribution in [2.24, 2.45) is 0 Å².